The first-order chi connectivity index (χ1) is 10.0. The molecule has 2 aromatic carbocycles. The molecule has 0 saturated carbocycles. The Morgan fingerprint density at radius 1 is 1.24 bits per heavy atom. The molecule has 106 valence electrons. The molecule has 0 saturated heterocycles. The number of nitriles is 1. The molecule has 2 rings (SSSR count). The van der Waals surface area contributed by atoms with E-state index in [-0.39, 0.29) is 22.6 Å². The Bertz CT molecular complexity index is 737. The van der Waals surface area contributed by atoms with Gasteiger partial charge in [0, 0.05) is 10.5 Å². The van der Waals surface area contributed by atoms with E-state index in [2.05, 4.69) is 15.9 Å². The molecule has 0 radical (unpaired) electrons. The number of carboxylic acids is 1. The summed E-state index contributed by atoms with van der Waals surface area (Å²) in [4.78, 5) is 11.2. The molecule has 1 N–H and O–H groups in total. The van der Waals surface area contributed by atoms with Crippen molar-refractivity contribution >= 4 is 21.9 Å². The molecule has 0 unspecified atom stereocenters. The third kappa shape index (κ3) is 3.33. The highest BCUT2D eigenvalue weighted by Gasteiger charge is 2.15. The predicted octanol–water partition coefficient (Wildman–Crippen LogP) is 3.82. The molecule has 0 atom stereocenters. The molecular formula is C15H10BrNO4. The van der Waals surface area contributed by atoms with Crippen LogP contribution in [0.15, 0.2) is 40.9 Å². The van der Waals surface area contributed by atoms with Crippen molar-refractivity contribution in [3.63, 3.8) is 0 Å². The zero-order chi connectivity index (χ0) is 15.4. The zero-order valence-electron chi connectivity index (χ0n) is 11.0. The van der Waals surface area contributed by atoms with Gasteiger partial charge in [-0.1, -0.05) is 15.9 Å². The summed E-state index contributed by atoms with van der Waals surface area (Å²) in [5.74, 6) is -0.228. The third-order valence-electron chi connectivity index (χ3n) is 2.70. The Labute approximate surface area is 129 Å². The number of rotatable bonds is 4. The minimum absolute atomic E-state index is 0.00455. The van der Waals surface area contributed by atoms with Crippen molar-refractivity contribution in [2.45, 2.75) is 0 Å². The summed E-state index contributed by atoms with van der Waals surface area (Å²) >= 11 is 3.26. The molecule has 0 aliphatic rings. The smallest absolute Gasteiger partial charge is 0.339 e. The first-order valence-corrected chi connectivity index (χ1v) is 6.63. The number of hydrogen-bond acceptors (Lipinski definition) is 4. The van der Waals surface area contributed by atoms with Gasteiger partial charge in [0.2, 0.25) is 0 Å². The van der Waals surface area contributed by atoms with Crippen molar-refractivity contribution in [1.82, 2.24) is 0 Å². The number of benzene rings is 2. The van der Waals surface area contributed by atoms with Gasteiger partial charge in [0.05, 0.1) is 12.7 Å². The van der Waals surface area contributed by atoms with Gasteiger partial charge in [-0.15, -0.1) is 0 Å². The van der Waals surface area contributed by atoms with E-state index in [0.717, 1.165) is 0 Å². The Hall–Kier alpha value is -2.52. The van der Waals surface area contributed by atoms with Crippen LogP contribution in [0.1, 0.15) is 15.9 Å². The Morgan fingerprint density at radius 2 is 2.00 bits per heavy atom. The second kappa shape index (κ2) is 6.29. The molecule has 0 bridgehead atoms. The van der Waals surface area contributed by atoms with E-state index in [4.69, 9.17) is 14.7 Å². The summed E-state index contributed by atoms with van der Waals surface area (Å²) in [6.07, 6.45) is 0. The summed E-state index contributed by atoms with van der Waals surface area (Å²) < 4.78 is 11.4. The van der Waals surface area contributed by atoms with Crippen LogP contribution in [-0.4, -0.2) is 18.2 Å². The van der Waals surface area contributed by atoms with Gasteiger partial charge in [-0.2, -0.15) is 5.26 Å². The maximum atomic E-state index is 11.2. The molecule has 0 fully saturated rings. The summed E-state index contributed by atoms with van der Waals surface area (Å²) in [6.45, 7) is 0. The first-order valence-electron chi connectivity index (χ1n) is 5.84. The van der Waals surface area contributed by atoms with Gasteiger partial charge in [0.15, 0.2) is 0 Å². The monoisotopic (exact) mass is 347 g/mol. The normalized spacial score (nSPS) is 9.76. The second-order valence-corrected chi connectivity index (χ2v) is 4.94. The number of carboxylic acid groups (broad SMARTS) is 1. The van der Waals surface area contributed by atoms with Crippen molar-refractivity contribution in [3.05, 3.63) is 52.0 Å². The summed E-state index contributed by atoms with van der Waals surface area (Å²) in [5, 5.41) is 18.3. The number of aromatic carboxylic acids is 1. The SMILES string of the molecule is COc1ccc(C#N)c(Oc2cc(Br)ccc2C(=O)O)c1. The van der Waals surface area contributed by atoms with Crippen LogP contribution < -0.4 is 9.47 Å². The maximum absolute atomic E-state index is 11.2. The minimum Gasteiger partial charge on any atom is -0.497 e. The van der Waals surface area contributed by atoms with Crippen LogP contribution in [0.3, 0.4) is 0 Å². The lowest BCUT2D eigenvalue weighted by Crippen LogP contribution is -2.00. The van der Waals surface area contributed by atoms with Gasteiger partial charge in [-0.25, -0.2) is 4.79 Å². The molecular weight excluding hydrogens is 338 g/mol. The fourth-order valence-corrected chi connectivity index (χ4v) is 2.02. The number of halogens is 1. The third-order valence-corrected chi connectivity index (χ3v) is 3.20. The Kier molecular flexibility index (Phi) is 4.45. The number of hydrogen-bond donors (Lipinski definition) is 1. The summed E-state index contributed by atoms with van der Waals surface area (Å²) in [6, 6.07) is 11.3. The first kappa shape index (κ1) is 14.9. The van der Waals surface area contributed by atoms with Crippen molar-refractivity contribution in [3.8, 4) is 23.3 Å². The molecule has 0 spiro atoms. The van der Waals surface area contributed by atoms with Crippen molar-refractivity contribution < 1.29 is 19.4 Å². The molecule has 0 aliphatic heterocycles. The van der Waals surface area contributed by atoms with E-state index in [0.29, 0.717) is 10.2 Å². The topological polar surface area (TPSA) is 79.5 Å². The fraction of sp³-hybridized carbons (Fsp3) is 0.0667. The van der Waals surface area contributed by atoms with Gasteiger partial charge in [0.1, 0.15) is 28.9 Å². The molecule has 0 heterocycles. The molecule has 0 aliphatic carbocycles. The maximum Gasteiger partial charge on any atom is 0.339 e. The van der Waals surface area contributed by atoms with Gasteiger partial charge < -0.3 is 14.6 Å². The largest absolute Gasteiger partial charge is 0.497 e. The van der Waals surface area contributed by atoms with Crippen LogP contribution in [0, 0.1) is 11.3 Å². The highest BCUT2D eigenvalue weighted by atomic mass is 79.9. The molecule has 0 aromatic heterocycles. The quantitative estimate of drug-likeness (QED) is 0.909. The lowest BCUT2D eigenvalue weighted by atomic mass is 10.2. The van der Waals surface area contributed by atoms with Crippen molar-refractivity contribution in [2.24, 2.45) is 0 Å². The van der Waals surface area contributed by atoms with E-state index in [1.807, 2.05) is 6.07 Å². The van der Waals surface area contributed by atoms with Gasteiger partial charge >= 0.3 is 5.97 Å². The number of carbonyl (C=O) groups is 1. The summed E-state index contributed by atoms with van der Waals surface area (Å²) in [5.41, 5.74) is 0.289. The zero-order valence-corrected chi connectivity index (χ0v) is 12.5. The van der Waals surface area contributed by atoms with Gasteiger partial charge in [0.25, 0.3) is 0 Å². The van der Waals surface area contributed by atoms with E-state index in [1.165, 1.54) is 25.3 Å². The molecule has 6 heteroatoms. The minimum atomic E-state index is -1.11. The van der Waals surface area contributed by atoms with Crippen LogP contribution in [0.2, 0.25) is 0 Å². The summed E-state index contributed by atoms with van der Waals surface area (Å²) in [7, 11) is 1.49. The van der Waals surface area contributed by atoms with Crippen LogP contribution in [0.25, 0.3) is 0 Å². The fourth-order valence-electron chi connectivity index (χ4n) is 1.68. The molecule has 0 amide bonds. The van der Waals surface area contributed by atoms with Crippen LogP contribution in [0.4, 0.5) is 0 Å². The van der Waals surface area contributed by atoms with E-state index >= 15 is 0 Å². The number of methoxy groups -OCH3 is 1. The highest BCUT2D eigenvalue weighted by Crippen LogP contribution is 2.32. The van der Waals surface area contributed by atoms with Gasteiger partial charge in [-0.05, 0) is 30.3 Å². The highest BCUT2D eigenvalue weighted by molar-refractivity contribution is 9.10. The number of nitrogens with zero attached hydrogens (tertiary/aromatic N) is 1. The Balaban J connectivity index is 2.49. The van der Waals surface area contributed by atoms with Gasteiger partial charge in [-0.3, -0.25) is 0 Å². The van der Waals surface area contributed by atoms with E-state index in [9.17, 15) is 9.90 Å². The standard InChI is InChI=1S/C15H10BrNO4/c1-20-11-4-2-9(8-17)13(7-11)21-14-6-10(16)3-5-12(14)15(18)19/h2-7H,1H3,(H,18,19). The van der Waals surface area contributed by atoms with E-state index in [1.54, 1.807) is 18.2 Å². The molecule has 2 aromatic rings. The van der Waals surface area contributed by atoms with Crippen molar-refractivity contribution in [2.75, 3.05) is 7.11 Å². The lowest BCUT2D eigenvalue weighted by molar-refractivity contribution is 0.0694. The number of ether oxygens (including phenoxy) is 2. The van der Waals surface area contributed by atoms with Crippen LogP contribution >= 0.6 is 15.9 Å². The predicted molar refractivity (Wildman–Crippen MR) is 78.9 cm³/mol. The lowest BCUT2D eigenvalue weighted by Gasteiger charge is -2.11. The average molecular weight is 348 g/mol. The van der Waals surface area contributed by atoms with E-state index < -0.39 is 5.97 Å². The van der Waals surface area contributed by atoms with Crippen LogP contribution in [0.5, 0.6) is 17.2 Å². The average Bonchev–Trinajstić information content (AvgIpc) is 2.47. The Morgan fingerprint density at radius 3 is 2.62 bits per heavy atom. The molecule has 21 heavy (non-hydrogen) atoms. The van der Waals surface area contributed by atoms with Crippen molar-refractivity contribution in [1.29, 1.82) is 5.26 Å². The second-order valence-electron chi connectivity index (χ2n) is 4.02. The molecule has 5 nitrogen and oxygen atoms in total. The van der Waals surface area contributed by atoms with Crippen LogP contribution in [-0.2, 0) is 0 Å².